The Kier molecular flexibility index (Phi) is 6.37. The molecule has 4 rings (SSSR count). The molecule has 0 aliphatic carbocycles. The molecule has 174 valence electrons. The average Bonchev–Trinajstić information content (AvgIpc) is 3.39. The van der Waals surface area contributed by atoms with Gasteiger partial charge in [-0.15, -0.1) is 11.3 Å². The number of likely N-dealkylation sites (N-methyl/N-ethyl adjacent to an activating group) is 1. The summed E-state index contributed by atoms with van der Waals surface area (Å²) in [6, 6.07) is 6.03. The molecule has 3 heterocycles. The molecule has 33 heavy (non-hydrogen) atoms. The lowest BCUT2D eigenvalue weighted by atomic mass is 10.1. The summed E-state index contributed by atoms with van der Waals surface area (Å²) in [7, 11) is 1.64. The Morgan fingerprint density at radius 1 is 1.33 bits per heavy atom. The van der Waals surface area contributed by atoms with Crippen LogP contribution in [0, 0.1) is 6.92 Å². The molecule has 0 spiro atoms. The molecule has 0 atom stereocenters. The highest BCUT2D eigenvalue weighted by molar-refractivity contribution is 7.09. The lowest BCUT2D eigenvalue weighted by Gasteiger charge is -2.24. The molecule has 0 saturated carbocycles. The van der Waals surface area contributed by atoms with E-state index >= 15 is 0 Å². The van der Waals surface area contributed by atoms with Crippen molar-refractivity contribution in [3.63, 3.8) is 0 Å². The van der Waals surface area contributed by atoms with Gasteiger partial charge in [-0.05, 0) is 37.5 Å². The summed E-state index contributed by atoms with van der Waals surface area (Å²) >= 11 is 1.61. The van der Waals surface area contributed by atoms with Gasteiger partial charge in [0.25, 0.3) is 5.56 Å². The van der Waals surface area contributed by atoms with Crippen LogP contribution in [-0.4, -0.2) is 40.6 Å². The number of aryl methyl sites for hydroxylation is 1. The number of carbonyl (C=O) groups excluding carboxylic acids is 1. The molecule has 1 amide bonds. The van der Waals surface area contributed by atoms with Crippen molar-refractivity contribution < 1.29 is 4.79 Å². The van der Waals surface area contributed by atoms with Crippen LogP contribution >= 0.6 is 11.3 Å². The molecule has 0 radical (unpaired) electrons. The molecule has 0 unspecified atom stereocenters. The first kappa shape index (κ1) is 22.8. The highest BCUT2D eigenvalue weighted by Gasteiger charge is 2.27. The van der Waals surface area contributed by atoms with Crippen molar-refractivity contribution >= 4 is 34.4 Å². The maximum absolute atomic E-state index is 13.1. The fraction of sp³-hybridized carbons (Fsp3) is 0.391. The minimum Gasteiger partial charge on any atom is -0.383 e. The molecule has 10 heteroatoms. The van der Waals surface area contributed by atoms with Crippen molar-refractivity contribution in [2.75, 3.05) is 35.7 Å². The molecule has 0 bridgehead atoms. The van der Waals surface area contributed by atoms with Gasteiger partial charge in [0.05, 0.1) is 17.2 Å². The fourth-order valence-corrected chi connectivity index (χ4v) is 4.79. The summed E-state index contributed by atoms with van der Waals surface area (Å²) in [4.78, 5) is 47.9. The first-order valence-corrected chi connectivity index (χ1v) is 11.9. The summed E-state index contributed by atoms with van der Waals surface area (Å²) in [6.45, 7) is 4.93. The van der Waals surface area contributed by atoms with Crippen LogP contribution in [0.15, 0.2) is 33.2 Å². The van der Waals surface area contributed by atoms with Crippen LogP contribution in [-0.2, 0) is 17.8 Å². The van der Waals surface area contributed by atoms with Gasteiger partial charge >= 0.3 is 5.69 Å². The Morgan fingerprint density at radius 2 is 2.12 bits per heavy atom. The molecular weight excluding hydrogens is 440 g/mol. The van der Waals surface area contributed by atoms with Gasteiger partial charge in [-0.1, -0.05) is 19.4 Å². The maximum atomic E-state index is 13.1. The van der Waals surface area contributed by atoms with Crippen LogP contribution in [0.25, 0.3) is 11.3 Å². The first-order chi connectivity index (χ1) is 15.8. The smallest absolute Gasteiger partial charge is 0.330 e. The van der Waals surface area contributed by atoms with Gasteiger partial charge in [0, 0.05) is 36.8 Å². The molecule has 0 saturated heterocycles. The van der Waals surface area contributed by atoms with Crippen molar-refractivity contribution in [1.29, 1.82) is 0 Å². The number of rotatable bonds is 7. The second-order valence-corrected chi connectivity index (χ2v) is 9.31. The van der Waals surface area contributed by atoms with Crippen molar-refractivity contribution in [3.05, 3.63) is 55.0 Å². The number of aromatic amines is 1. The number of fused-ring (bicyclic) bond motifs is 1. The first-order valence-electron chi connectivity index (χ1n) is 11.0. The Bertz CT molecular complexity index is 1310. The van der Waals surface area contributed by atoms with Gasteiger partial charge < -0.3 is 15.5 Å². The zero-order valence-corrected chi connectivity index (χ0v) is 19.9. The number of benzene rings is 1. The Morgan fingerprint density at radius 3 is 2.82 bits per heavy atom. The zero-order chi connectivity index (χ0) is 23.7. The largest absolute Gasteiger partial charge is 0.383 e. The zero-order valence-electron chi connectivity index (χ0n) is 19.1. The number of hydrogen-bond acceptors (Lipinski definition) is 7. The van der Waals surface area contributed by atoms with E-state index in [1.165, 1.54) is 9.47 Å². The number of H-pyrrole nitrogens is 1. The minimum atomic E-state index is -0.592. The number of nitrogens with zero attached hydrogens (tertiary/aromatic N) is 4. The van der Waals surface area contributed by atoms with E-state index in [1.54, 1.807) is 23.3 Å². The highest BCUT2D eigenvalue weighted by Crippen LogP contribution is 2.33. The van der Waals surface area contributed by atoms with E-state index in [2.05, 4.69) is 16.0 Å². The lowest BCUT2D eigenvalue weighted by Crippen LogP contribution is -2.42. The summed E-state index contributed by atoms with van der Waals surface area (Å²) in [5, 5.41) is 3.05. The average molecular weight is 469 g/mol. The summed E-state index contributed by atoms with van der Waals surface area (Å²) in [6.07, 6.45) is 2.39. The molecule has 1 aliphatic heterocycles. The van der Waals surface area contributed by atoms with E-state index in [1.807, 2.05) is 31.4 Å². The molecule has 0 fully saturated rings. The third kappa shape index (κ3) is 4.43. The predicted molar refractivity (Wildman–Crippen MR) is 132 cm³/mol. The normalized spacial score (nSPS) is 12.8. The number of nitrogens with one attached hydrogen (secondary N) is 1. The van der Waals surface area contributed by atoms with E-state index in [9.17, 15) is 14.4 Å². The number of aromatic nitrogens is 3. The molecule has 3 N–H and O–H groups in total. The van der Waals surface area contributed by atoms with Crippen molar-refractivity contribution in [1.82, 2.24) is 14.5 Å². The van der Waals surface area contributed by atoms with Crippen LogP contribution in [0.3, 0.4) is 0 Å². The van der Waals surface area contributed by atoms with Gasteiger partial charge in [0.1, 0.15) is 11.5 Å². The second-order valence-electron chi connectivity index (χ2n) is 8.25. The molecular formula is C23H28N6O3S. The number of nitrogen functional groups attached to an aromatic ring is 1. The van der Waals surface area contributed by atoms with Crippen molar-refractivity contribution in [3.8, 4) is 11.3 Å². The quantitative estimate of drug-likeness (QED) is 0.550. The SMILES string of the molecule is CCCCn1c(N)c(N(C)CC(=O)N2CCc3cc(-c4csc(C)n4)ccc32)c(=O)[nH]c1=O. The van der Waals surface area contributed by atoms with Gasteiger partial charge in [-0.3, -0.25) is 19.1 Å². The molecule has 2 aromatic heterocycles. The molecule has 9 nitrogen and oxygen atoms in total. The van der Waals surface area contributed by atoms with Crippen LogP contribution in [0.1, 0.15) is 30.3 Å². The minimum absolute atomic E-state index is 0.0360. The Balaban J connectivity index is 1.54. The summed E-state index contributed by atoms with van der Waals surface area (Å²) in [5.74, 6) is -0.0591. The monoisotopic (exact) mass is 468 g/mol. The standard InChI is InChI=1S/C23H28N6O3S/c1-4-5-9-29-21(24)20(22(31)26-23(29)32)27(3)12-19(30)28-10-8-16-11-15(6-7-18(16)28)17-13-33-14(2)25-17/h6-7,11,13H,4-5,8-10,12,24H2,1-3H3,(H,26,31,32). The third-order valence-corrected chi connectivity index (χ3v) is 6.67. The van der Waals surface area contributed by atoms with E-state index in [-0.39, 0.29) is 24.0 Å². The van der Waals surface area contributed by atoms with Crippen LogP contribution < -0.4 is 26.8 Å². The second kappa shape index (κ2) is 9.22. The van der Waals surface area contributed by atoms with Gasteiger partial charge in [-0.25, -0.2) is 9.78 Å². The van der Waals surface area contributed by atoms with Crippen LogP contribution in [0.2, 0.25) is 0 Å². The lowest BCUT2D eigenvalue weighted by molar-refractivity contribution is -0.117. The van der Waals surface area contributed by atoms with Crippen LogP contribution in [0.5, 0.6) is 0 Å². The van der Waals surface area contributed by atoms with E-state index in [0.29, 0.717) is 13.1 Å². The number of unbranched alkanes of at least 4 members (excludes halogenated alkanes) is 1. The number of anilines is 3. The maximum Gasteiger partial charge on any atom is 0.330 e. The number of hydrogen-bond donors (Lipinski definition) is 2. The third-order valence-electron chi connectivity index (χ3n) is 5.89. The predicted octanol–water partition coefficient (Wildman–Crippen LogP) is 2.38. The highest BCUT2D eigenvalue weighted by atomic mass is 32.1. The van der Waals surface area contributed by atoms with E-state index in [0.717, 1.165) is 46.8 Å². The fourth-order valence-electron chi connectivity index (χ4n) is 4.17. The van der Waals surface area contributed by atoms with E-state index in [4.69, 9.17) is 5.73 Å². The van der Waals surface area contributed by atoms with Gasteiger partial charge in [0.2, 0.25) is 5.91 Å². The number of nitrogens with two attached hydrogens (primary N) is 1. The van der Waals surface area contributed by atoms with Crippen molar-refractivity contribution in [2.45, 2.75) is 39.7 Å². The molecule has 1 aliphatic rings. The summed E-state index contributed by atoms with van der Waals surface area (Å²) in [5.41, 5.74) is 9.14. The van der Waals surface area contributed by atoms with Gasteiger partial charge in [0.15, 0.2) is 0 Å². The summed E-state index contributed by atoms with van der Waals surface area (Å²) < 4.78 is 1.36. The number of thiazole rings is 1. The Labute approximate surface area is 195 Å². The number of amides is 1. The number of carbonyl (C=O) groups is 1. The van der Waals surface area contributed by atoms with Crippen LogP contribution in [0.4, 0.5) is 17.2 Å². The molecule has 1 aromatic carbocycles. The van der Waals surface area contributed by atoms with Crippen molar-refractivity contribution in [2.24, 2.45) is 0 Å². The topological polar surface area (TPSA) is 117 Å². The van der Waals surface area contributed by atoms with Gasteiger partial charge in [-0.2, -0.15) is 0 Å². The molecule has 3 aromatic rings. The van der Waals surface area contributed by atoms with E-state index < -0.39 is 11.2 Å². The Hall–Kier alpha value is -3.40.